The van der Waals surface area contributed by atoms with Crippen LogP contribution in [-0.4, -0.2) is 309 Å². The molecule has 6 heterocycles. The van der Waals surface area contributed by atoms with Gasteiger partial charge in [0.1, 0.15) is 122 Å². The van der Waals surface area contributed by atoms with Crippen molar-refractivity contribution >= 4 is 5.97 Å². The van der Waals surface area contributed by atoms with Gasteiger partial charge in [0.05, 0.1) is 50.2 Å². The zero-order valence-corrected chi connectivity index (χ0v) is 54.7. The molecule has 0 radical (unpaired) electrons. The van der Waals surface area contributed by atoms with Crippen molar-refractivity contribution < 1.29 is 154 Å². The zero-order valence-electron chi connectivity index (χ0n) is 54.7. The van der Waals surface area contributed by atoms with Crippen molar-refractivity contribution in [2.45, 2.75) is 297 Å². The van der Waals surface area contributed by atoms with Crippen LogP contribution in [0.25, 0.3) is 0 Å². The van der Waals surface area contributed by atoms with Crippen LogP contribution in [0.2, 0.25) is 0 Å². The Hall–Kier alpha value is -1.95. The Balaban J connectivity index is 0.790. The first-order valence-corrected chi connectivity index (χ1v) is 33.7. The fraction of sp³-hybridized carbons (Fsp3) is 0.953. The first-order valence-electron chi connectivity index (χ1n) is 33.7. The minimum atomic E-state index is -2.05. The number of rotatable bonds is 16. The maximum atomic E-state index is 15.4. The van der Waals surface area contributed by atoms with Gasteiger partial charge < -0.3 is 149 Å². The minimum Gasteiger partial charge on any atom is -0.432 e. The molecule has 0 aromatic heterocycles. The average Bonchev–Trinajstić information content (AvgIpc) is 1.62. The van der Waals surface area contributed by atoms with Crippen molar-refractivity contribution in [1.29, 1.82) is 0 Å². The summed E-state index contributed by atoms with van der Waals surface area (Å²) in [4.78, 5) is 15.4. The van der Waals surface area contributed by atoms with Crippen molar-refractivity contribution in [3.63, 3.8) is 0 Å². The van der Waals surface area contributed by atoms with E-state index in [0.717, 1.165) is 18.4 Å². The van der Waals surface area contributed by atoms with Crippen molar-refractivity contribution in [3.05, 3.63) is 12.2 Å². The first kappa shape index (κ1) is 74.2. The summed E-state index contributed by atoms with van der Waals surface area (Å²) in [6.07, 6.45) is -44.2. The minimum absolute atomic E-state index is 0.0622. The summed E-state index contributed by atoms with van der Waals surface area (Å²) in [7, 11) is 0. The first-order chi connectivity index (χ1) is 44.7. The third-order valence-electron chi connectivity index (χ3n) is 25.5. The summed E-state index contributed by atoms with van der Waals surface area (Å²) in [5, 5.41) is 197. The van der Waals surface area contributed by atoms with Crippen LogP contribution in [-0.2, 0) is 61.6 Å². The molecule has 18 N–H and O–H groups in total. The summed E-state index contributed by atoms with van der Waals surface area (Å²) >= 11 is 0. The molecule has 95 heavy (non-hydrogen) atoms. The van der Waals surface area contributed by atoms with Gasteiger partial charge in [0.25, 0.3) is 0 Å². The van der Waals surface area contributed by atoms with Gasteiger partial charge in [-0.1, -0.05) is 39.8 Å². The van der Waals surface area contributed by atoms with Crippen LogP contribution in [0.1, 0.15) is 113 Å². The average molecular weight is 1370 g/mol. The molecular weight excluding hydrogens is 1260 g/mol. The van der Waals surface area contributed by atoms with Gasteiger partial charge in [0, 0.05) is 5.41 Å². The number of fused-ring (bicyclic) bond motifs is 7. The van der Waals surface area contributed by atoms with E-state index in [1.54, 1.807) is 0 Å². The summed E-state index contributed by atoms with van der Waals surface area (Å²) in [6.45, 7) is 15.8. The molecule has 0 aromatic rings. The molecule has 11 rings (SSSR count). The van der Waals surface area contributed by atoms with Crippen molar-refractivity contribution in [3.8, 4) is 0 Å². The van der Waals surface area contributed by atoms with Gasteiger partial charge in [-0.2, -0.15) is 0 Å². The predicted molar refractivity (Wildman–Crippen MR) is 316 cm³/mol. The number of ether oxygens (including phenoxy) is 12. The van der Waals surface area contributed by atoms with Crippen molar-refractivity contribution in [1.82, 2.24) is 0 Å². The highest BCUT2D eigenvalue weighted by Gasteiger charge is 2.73. The standard InChI is InChI=1S/C64H104O31/c1-23(2)26-11-16-64(59(83)95-57-46(79)41(74)45(78)56(94-57)93-55-47(80)42(75)49(29(20-66)88-55)92-53-43(76)39(72)35(68)24(3)86-53)18-17-62(7)27(34(26)64)9-10-32-60(5)14-13-33(61(6,22-67)31(60)12-15-63(32,62)8)90-58-51(91-50-36(69)25(4)85-52(82)48(50)81)38(71)30(21-84-58)89-54-44(77)40(73)37(70)28(19-65)87-54/h24-58,65-82H,1,9-22H2,2-8H3. The largest absolute Gasteiger partial charge is 0.432 e. The maximum Gasteiger partial charge on any atom is 0.314 e. The second kappa shape index (κ2) is 28.0. The number of hydrogen-bond acceptors (Lipinski definition) is 31. The van der Waals surface area contributed by atoms with E-state index in [4.69, 9.17) is 56.8 Å². The van der Waals surface area contributed by atoms with E-state index in [1.165, 1.54) is 13.8 Å². The number of carbonyl (C=O) groups excluding carboxylic acids is 1. The van der Waals surface area contributed by atoms with Gasteiger partial charge in [-0.05, 0) is 131 Å². The smallest absolute Gasteiger partial charge is 0.314 e. The third-order valence-corrected chi connectivity index (χ3v) is 25.5. The Bertz CT molecular complexity index is 2630. The van der Waals surface area contributed by atoms with E-state index in [-0.39, 0.29) is 47.0 Å². The quantitative estimate of drug-likeness (QED) is 0.0391. The summed E-state index contributed by atoms with van der Waals surface area (Å²) in [5.41, 5.74) is -2.35. The number of aliphatic hydroxyl groups is 18. The van der Waals surface area contributed by atoms with E-state index in [2.05, 4.69) is 27.4 Å². The summed E-state index contributed by atoms with van der Waals surface area (Å²) in [5.74, 6) is -1.27. The molecule has 31 heteroatoms. The molecule has 6 aliphatic heterocycles. The Morgan fingerprint density at radius 1 is 0.474 bits per heavy atom. The summed E-state index contributed by atoms with van der Waals surface area (Å²) in [6, 6.07) is 0. The number of hydrogen-bond donors (Lipinski definition) is 18. The van der Waals surface area contributed by atoms with Gasteiger partial charge in [0.2, 0.25) is 6.29 Å². The Labute approximate surface area is 550 Å². The van der Waals surface area contributed by atoms with Crippen LogP contribution in [0, 0.1) is 56.7 Å². The highest BCUT2D eigenvalue weighted by Crippen LogP contribution is 2.78. The van der Waals surface area contributed by atoms with Crippen LogP contribution in [0.3, 0.4) is 0 Å². The van der Waals surface area contributed by atoms with Gasteiger partial charge >= 0.3 is 5.97 Å². The Morgan fingerprint density at radius 3 is 1.72 bits per heavy atom. The lowest BCUT2D eigenvalue weighted by Gasteiger charge is -2.73. The van der Waals surface area contributed by atoms with E-state index < -0.39 is 226 Å². The summed E-state index contributed by atoms with van der Waals surface area (Å²) < 4.78 is 71.3. The maximum absolute atomic E-state index is 15.4. The monoisotopic (exact) mass is 1370 g/mol. The van der Waals surface area contributed by atoms with E-state index in [1.807, 2.05) is 13.8 Å². The molecule has 5 saturated carbocycles. The van der Waals surface area contributed by atoms with Gasteiger partial charge in [-0.3, -0.25) is 4.79 Å². The Kier molecular flexibility index (Phi) is 21.9. The molecule has 31 nitrogen and oxygen atoms in total. The number of allylic oxidation sites excluding steroid dienone is 1. The highest BCUT2D eigenvalue weighted by molar-refractivity contribution is 5.78. The molecule has 546 valence electrons. The molecule has 0 bridgehead atoms. The van der Waals surface area contributed by atoms with Crippen LogP contribution < -0.4 is 0 Å². The molecule has 40 unspecified atom stereocenters. The van der Waals surface area contributed by atoms with Crippen LogP contribution in [0.5, 0.6) is 0 Å². The van der Waals surface area contributed by atoms with Crippen molar-refractivity contribution in [2.75, 3.05) is 26.4 Å². The van der Waals surface area contributed by atoms with E-state index in [9.17, 15) is 91.9 Å². The molecule has 11 fully saturated rings. The van der Waals surface area contributed by atoms with Crippen LogP contribution in [0.15, 0.2) is 12.2 Å². The topological polar surface area (TPSA) is 492 Å². The van der Waals surface area contributed by atoms with Crippen LogP contribution >= 0.6 is 0 Å². The second-order valence-electron chi connectivity index (χ2n) is 30.4. The molecule has 11 aliphatic rings. The van der Waals surface area contributed by atoms with E-state index in [0.29, 0.717) is 51.4 Å². The van der Waals surface area contributed by atoms with Gasteiger partial charge in [0.15, 0.2) is 37.7 Å². The fourth-order valence-corrected chi connectivity index (χ4v) is 19.7. The number of aliphatic hydroxyl groups excluding tert-OH is 18. The lowest BCUT2D eigenvalue weighted by Crippen LogP contribution is -2.69. The highest BCUT2D eigenvalue weighted by atomic mass is 16.8. The molecular formula is C64H104O31. The Morgan fingerprint density at radius 2 is 1.06 bits per heavy atom. The zero-order chi connectivity index (χ0) is 69.2. The normalized spacial score (nSPS) is 56.5. The molecule has 0 amide bonds. The number of carbonyl (C=O) groups is 1. The second-order valence-corrected chi connectivity index (χ2v) is 30.4. The lowest BCUT2D eigenvalue weighted by atomic mass is 9.32. The fourth-order valence-electron chi connectivity index (χ4n) is 19.7. The molecule has 5 aliphatic carbocycles. The third kappa shape index (κ3) is 12.4. The van der Waals surface area contributed by atoms with Crippen molar-refractivity contribution in [2.24, 2.45) is 56.7 Å². The predicted octanol–water partition coefficient (Wildman–Crippen LogP) is -4.91. The van der Waals surface area contributed by atoms with E-state index >= 15 is 4.79 Å². The SMILES string of the molecule is C=C(C)C1CCC2(C(=O)OC3OC(OC4OC(CO)C(OC5OC(C)C(O)C(O)C5O)C(O)C4O)C(O)C(O)C3O)CCC3(C)C(CCC4C5(C)CCC(OC6OCC(OC7OC(CO)C(O)C(O)C7O)C(O)C6OC6C(O)C(C)OC(O)C6O)C(C)(CO)C5CCC43C)C12. The molecule has 0 aromatic carbocycles. The molecule has 6 saturated heterocycles. The van der Waals surface area contributed by atoms with Crippen LogP contribution in [0.4, 0.5) is 0 Å². The van der Waals surface area contributed by atoms with Gasteiger partial charge in [-0.25, -0.2) is 0 Å². The lowest BCUT2D eigenvalue weighted by molar-refractivity contribution is -0.404. The van der Waals surface area contributed by atoms with Gasteiger partial charge in [-0.15, -0.1) is 0 Å². The molecule has 0 spiro atoms. The molecule has 40 atom stereocenters. The number of esters is 1.